The van der Waals surface area contributed by atoms with Crippen molar-refractivity contribution in [2.24, 2.45) is 0 Å². The molecule has 0 radical (unpaired) electrons. The van der Waals surface area contributed by atoms with Crippen LogP contribution in [0.15, 0.2) is 45.3 Å². The van der Waals surface area contributed by atoms with E-state index in [0.29, 0.717) is 12.0 Å². The van der Waals surface area contributed by atoms with Crippen molar-refractivity contribution >= 4 is 47.8 Å². The van der Waals surface area contributed by atoms with E-state index >= 15 is 0 Å². The zero-order chi connectivity index (χ0) is 14.0. The second-order valence-corrected chi connectivity index (χ2v) is 6.95. The van der Waals surface area contributed by atoms with E-state index in [1.807, 2.05) is 18.2 Å². The van der Waals surface area contributed by atoms with Crippen molar-refractivity contribution in [3.63, 3.8) is 0 Å². The van der Waals surface area contributed by atoms with Gasteiger partial charge in [-0.3, -0.25) is 0 Å². The Hall–Kier alpha value is -0.260. The Balaban J connectivity index is 2.25. The van der Waals surface area contributed by atoms with Crippen molar-refractivity contribution in [1.82, 2.24) is 0 Å². The number of halogens is 5. The molecule has 0 aliphatic carbocycles. The molecule has 0 amide bonds. The maximum absolute atomic E-state index is 13.6. The molecule has 0 fully saturated rings. The standard InChI is InChI=1S/C14H9Br3F2/c15-9-2-4-12(16)11(6-9)13(17)5-8-1-3-10(18)7-14(8)19/h1-4,6-7,13H,5H2. The summed E-state index contributed by atoms with van der Waals surface area (Å²) in [7, 11) is 0. The van der Waals surface area contributed by atoms with Crippen molar-refractivity contribution in [3.05, 3.63) is 68.1 Å². The lowest BCUT2D eigenvalue weighted by atomic mass is 10.0. The van der Waals surface area contributed by atoms with Crippen LogP contribution in [-0.4, -0.2) is 0 Å². The molecule has 0 N–H and O–H groups in total. The van der Waals surface area contributed by atoms with E-state index in [-0.39, 0.29) is 4.83 Å². The maximum atomic E-state index is 13.6. The van der Waals surface area contributed by atoms with Gasteiger partial charge < -0.3 is 0 Å². The van der Waals surface area contributed by atoms with Crippen molar-refractivity contribution in [3.8, 4) is 0 Å². The van der Waals surface area contributed by atoms with E-state index < -0.39 is 11.6 Å². The fourth-order valence-corrected chi connectivity index (χ4v) is 3.68. The third-order valence-electron chi connectivity index (χ3n) is 2.71. The molecule has 0 aromatic heterocycles. The number of hydrogen-bond acceptors (Lipinski definition) is 0. The Morgan fingerprint density at radius 1 is 1.00 bits per heavy atom. The van der Waals surface area contributed by atoms with E-state index in [2.05, 4.69) is 47.8 Å². The number of alkyl halides is 1. The zero-order valence-corrected chi connectivity index (χ0v) is 14.4. The average molecular weight is 455 g/mol. The predicted octanol–water partition coefficient (Wildman–Crippen LogP) is 6.17. The molecule has 0 spiro atoms. The Kier molecular flexibility index (Phi) is 5.15. The summed E-state index contributed by atoms with van der Waals surface area (Å²) >= 11 is 10.4. The van der Waals surface area contributed by atoms with E-state index in [4.69, 9.17) is 0 Å². The molecule has 2 rings (SSSR count). The lowest BCUT2D eigenvalue weighted by molar-refractivity contribution is 0.571. The van der Waals surface area contributed by atoms with Gasteiger partial charge in [0, 0.05) is 19.8 Å². The van der Waals surface area contributed by atoms with Crippen molar-refractivity contribution in [1.29, 1.82) is 0 Å². The molecule has 0 nitrogen and oxygen atoms in total. The molecule has 0 saturated carbocycles. The molecule has 2 aromatic rings. The second kappa shape index (κ2) is 6.46. The van der Waals surface area contributed by atoms with E-state index in [1.165, 1.54) is 12.1 Å². The molecule has 1 atom stereocenters. The monoisotopic (exact) mass is 452 g/mol. The zero-order valence-electron chi connectivity index (χ0n) is 9.64. The largest absolute Gasteiger partial charge is 0.207 e. The molecular formula is C14H9Br3F2. The summed E-state index contributed by atoms with van der Waals surface area (Å²) in [5.74, 6) is -1.08. The van der Waals surface area contributed by atoms with Crippen LogP contribution in [0.1, 0.15) is 16.0 Å². The van der Waals surface area contributed by atoms with Crippen LogP contribution < -0.4 is 0 Å². The fraction of sp³-hybridized carbons (Fsp3) is 0.143. The molecule has 5 heteroatoms. The normalized spacial score (nSPS) is 12.5. The van der Waals surface area contributed by atoms with Gasteiger partial charge in [0.25, 0.3) is 0 Å². The van der Waals surface area contributed by atoms with Gasteiger partial charge in [0.1, 0.15) is 11.6 Å². The Morgan fingerprint density at radius 3 is 2.42 bits per heavy atom. The van der Waals surface area contributed by atoms with Gasteiger partial charge in [-0.1, -0.05) is 53.9 Å². The summed E-state index contributed by atoms with van der Waals surface area (Å²) in [6, 6.07) is 9.47. The van der Waals surface area contributed by atoms with E-state index in [0.717, 1.165) is 20.6 Å². The highest BCUT2D eigenvalue weighted by Crippen LogP contribution is 2.34. The van der Waals surface area contributed by atoms with Crippen molar-refractivity contribution < 1.29 is 8.78 Å². The van der Waals surface area contributed by atoms with Gasteiger partial charge in [-0.15, -0.1) is 0 Å². The quantitative estimate of drug-likeness (QED) is 0.486. The first-order chi connectivity index (χ1) is 8.97. The van der Waals surface area contributed by atoms with Crippen LogP contribution in [0.3, 0.4) is 0 Å². The molecule has 0 heterocycles. The van der Waals surface area contributed by atoms with Gasteiger partial charge in [-0.25, -0.2) is 8.78 Å². The van der Waals surface area contributed by atoms with E-state index in [9.17, 15) is 8.78 Å². The number of rotatable bonds is 3. The fourth-order valence-electron chi connectivity index (χ4n) is 1.74. The highest BCUT2D eigenvalue weighted by atomic mass is 79.9. The van der Waals surface area contributed by atoms with Gasteiger partial charge in [-0.2, -0.15) is 0 Å². The minimum absolute atomic E-state index is 0.0562. The molecular weight excluding hydrogens is 446 g/mol. The van der Waals surface area contributed by atoms with Gasteiger partial charge in [0.15, 0.2) is 0 Å². The van der Waals surface area contributed by atoms with Gasteiger partial charge >= 0.3 is 0 Å². The van der Waals surface area contributed by atoms with E-state index in [1.54, 1.807) is 0 Å². The lowest BCUT2D eigenvalue weighted by Gasteiger charge is -2.13. The first kappa shape index (κ1) is 15.1. The third-order valence-corrected chi connectivity index (χ3v) is 4.74. The second-order valence-electron chi connectivity index (χ2n) is 4.07. The summed E-state index contributed by atoms with van der Waals surface area (Å²) in [5.41, 5.74) is 1.49. The Labute approximate surface area is 135 Å². The van der Waals surface area contributed by atoms with Gasteiger partial charge in [0.05, 0.1) is 0 Å². The van der Waals surface area contributed by atoms with Crippen LogP contribution in [0.4, 0.5) is 8.78 Å². The highest BCUT2D eigenvalue weighted by Gasteiger charge is 2.15. The smallest absolute Gasteiger partial charge is 0.129 e. The predicted molar refractivity (Wildman–Crippen MR) is 83.6 cm³/mol. The van der Waals surface area contributed by atoms with Crippen LogP contribution in [-0.2, 0) is 6.42 Å². The van der Waals surface area contributed by atoms with Crippen molar-refractivity contribution in [2.75, 3.05) is 0 Å². The molecule has 1 unspecified atom stereocenters. The topological polar surface area (TPSA) is 0 Å². The lowest BCUT2D eigenvalue weighted by Crippen LogP contribution is -1.99. The molecule has 0 bridgehead atoms. The summed E-state index contributed by atoms with van der Waals surface area (Å²) in [5, 5.41) is 0. The summed E-state index contributed by atoms with van der Waals surface area (Å²) in [6.45, 7) is 0. The minimum Gasteiger partial charge on any atom is -0.207 e. The van der Waals surface area contributed by atoms with Gasteiger partial charge in [-0.05, 0) is 41.8 Å². The van der Waals surface area contributed by atoms with Crippen molar-refractivity contribution in [2.45, 2.75) is 11.2 Å². The minimum atomic E-state index is -0.559. The molecule has 2 aromatic carbocycles. The molecule has 0 aliphatic heterocycles. The first-order valence-corrected chi connectivity index (χ1v) is 8.00. The summed E-state index contributed by atoms with van der Waals surface area (Å²) in [6.07, 6.45) is 0.446. The number of benzene rings is 2. The van der Waals surface area contributed by atoms with Gasteiger partial charge in [0.2, 0.25) is 0 Å². The highest BCUT2D eigenvalue weighted by molar-refractivity contribution is 9.11. The van der Waals surface area contributed by atoms with Crippen LogP contribution in [0.25, 0.3) is 0 Å². The third kappa shape index (κ3) is 3.86. The SMILES string of the molecule is Fc1ccc(CC(Br)c2cc(Br)ccc2Br)c(F)c1. The van der Waals surface area contributed by atoms with Crippen LogP contribution in [0.5, 0.6) is 0 Å². The molecule has 0 aliphatic rings. The summed E-state index contributed by atoms with van der Waals surface area (Å²) in [4.78, 5) is -0.0562. The van der Waals surface area contributed by atoms with Crippen LogP contribution in [0, 0.1) is 11.6 Å². The Morgan fingerprint density at radius 2 is 1.74 bits per heavy atom. The maximum Gasteiger partial charge on any atom is 0.129 e. The first-order valence-electron chi connectivity index (χ1n) is 5.50. The molecule has 0 saturated heterocycles. The van der Waals surface area contributed by atoms with Crippen LogP contribution in [0.2, 0.25) is 0 Å². The Bertz CT molecular complexity index is 599. The molecule has 100 valence electrons. The van der Waals surface area contributed by atoms with Crippen LogP contribution >= 0.6 is 47.8 Å². The number of hydrogen-bond donors (Lipinski definition) is 0. The average Bonchev–Trinajstić information content (AvgIpc) is 2.35. The summed E-state index contributed by atoms with van der Waals surface area (Å²) < 4.78 is 28.4. The molecule has 19 heavy (non-hydrogen) atoms.